The fourth-order valence-corrected chi connectivity index (χ4v) is 3.34. The molecule has 0 aliphatic carbocycles. The summed E-state index contributed by atoms with van der Waals surface area (Å²) in [5, 5.41) is 14.7. The minimum atomic E-state index is -0.952. The molecule has 0 saturated carbocycles. The molecule has 3 rings (SSSR count). The Kier molecular flexibility index (Phi) is 6.66. The molecule has 2 aromatic carbocycles. The van der Waals surface area contributed by atoms with Gasteiger partial charge in [-0.1, -0.05) is 12.1 Å². The lowest BCUT2D eigenvalue weighted by Gasteiger charge is -2.22. The number of nitrogens with zero attached hydrogens (tertiary/aromatic N) is 2. The summed E-state index contributed by atoms with van der Waals surface area (Å²) in [4.78, 5) is 23.6. The van der Waals surface area contributed by atoms with Crippen molar-refractivity contribution in [2.45, 2.75) is 31.7 Å². The highest BCUT2D eigenvalue weighted by Crippen LogP contribution is 2.35. The van der Waals surface area contributed by atoms with Crippen LogP contribution >= 0.6 is 0 Å². The number of rotatable bonds is 8. The largest absolute Gasteiger partial charge is 0.497 e. The first-order chi connectivity index (χ1) is 14.4. The number of methoxy groups -OCH3 is 2. The Hall–Kier alpha value is -3.42. The highest BCUT2D eigenvalue weighted by atomic mass is 19.1. The van der Waals surface area contributed by atoms with Gasteiger partial charge in [-0.3, -0.25) is 9.59 Å². The molecule has 1 aliphatic heterocycles. The zero-order valence-corrected chi connectivity index (χ0v) is 16.8. The zero-order valence-electron chi connectivity index (χ0n) is 16.8. The molecule has 0 aromatic heterocycles. The van der Waals surface area contributed by atoms with Crippen molar-refractivity contribution in [2.75, 3.05) is 14.2 Å². The third-order valence-electron chi connectivity index (χ3n) is 4.89. The van der Waals surface area contributed by atoms with Crippen molar-refractivity contribution in [3.8, 4) is 11.5 Å². The highest BCUT2D eigenvalue weighted by molar-refractivity contribution is 6.03. The van der Waals surface area contributed by atoms with Crippen molar-refractivity contribution in [3.05, 3.63) is 59.4 Å². The number of benzene rings is 2. The molecule has 2 aromatic rings. The van der Waals surface area contributed by atoms with E-state index in [-0.39, 0.29) is 31.0 Å². The fourth-order valence-electron chi connectivity index (χ4n) is 3.34. The lowest BCUT2D eigenvalue weighted by atomic mass is 9.98. The third-order valence-corrected chi connectivity index (χ3v) is 4.89. The predicted molar refractivity (Wildman–Crippen MR) is 108 cm³/mol. The van der Waals surface area contributed by atoms with Crippen molar-refractivity contribution in [2.24, 2.45) is 5.10 Å². The van der Waals surface area contributed by atoms with Crippen LogP contribution in [0.25, 0.3) is 0 Å². The van der Waals surface area contributed by atoms with Crippen LogP contribution in [0.15, 0.2) is 47.6 Å². The van der Waals surface area contributed by atoms with Gasteiger partial charge in [0.1, 0.15) is 17.3 Å². The van der Waals surface area contributed by atoms with E-state index in [1.165, 1.54) is 17.1 Å². The number of hydrogen-bond donors (Lipinski definition) is 1. The Morgan fingerprint density at radius 1 is 1.10 bits per heavy atom. The first kappa shape index (κ1) is 21.3. The molecule has 1 atom stereocenters. The molecule has 7 nitrogen and oxygen atoms in total. The molecule has 0 bridgehead atoms. The second-order valence-corrected chi connectivity index (χ2v) is 6.91. The van der Waals surface area contributed by atoms with Crippen LogP contribution < -0.4 is 9.47 Å². The quantitative estimate of drug-likeness (QED) is 0.710. The maximum atomic E-state index is 13.4. The van der Waals surface area contributed by atoms with Crippen LogP contribution in [0.3, 0.4) is 0 Å². The van der Waals surface area contributed by atoms with Crippen LogP contribution in [0.5, 0.6) is 11.5 Å². The van der Waals surface area contributed by atoms with Crippen molar-refractivity contribution >= 4 is 17.6 Å². The highest BCUT2D eigenvalue weighted by Gasteiger charge is 2.33. The monoisotopic (exact) mass is 414 g/mol. The van der Waals surface area contributed by atoms with Crippen LogP contribution in [-0.2, 0) is 9.59 Å². The molecular formula is C22H23FN2O5. The molecule has 0 radical (unpaired) electrons. The summed E-state index contributed by atoms with van der Waals surface area (Å²) < 4.78 is 24.0. The van der Waals surface area contributed by atoms with E-state index in [9.17, 15) is 14.0 Å². The molecule has 1 amide bonds. The van der Waals surface area contributed by atoms with E-state index in [1.807, 2.05) is 12.1 Å². The Morgan fingerprint density at radius 3 is 2.30 bits per heavy atom. The molecular weight excluding hydrogens is 391 g/mol. The molecule has 158 valence electrons. The van der Waals surface area contributed by atoms with Crippen molar-refractivity contribution in [3.63, 3.8) is 0 Å². The smallest absolute Gasteiger partial charge is 0.303 e. The van der Waals surface area contributed by atoms with Crippen LogP contribution in [0.4, 0.5) is 4.39 Å². The number of aliphatic carboxylic acids is 1. The van der Waals surface area contributed by atoms with Gasteiger partial charge in [0.2, 0.25) is 5.91 Å². The second-order valence-electron chi connectivity index (χ2n) is 6.91. The first-order valence-electron chi connectivity index (χ1n) is 9.51. The normalized spacial score (nSPS) is 15.6. The molecule has 1 aliphatic rings. The minimum absolute atomic E-state index is 0.0577. The standard InChI is InChI=1S/C22H23FN2O5/c1-29-17-10-15(11-18(12-17)30-2)19-13-20(14-6-8-16(23)9-7-14)25(24-19)21(26)4-3-5-22(27)28/h6-12,20H,3-5,13H2,1-2H3,(H,27,28)/t20-/m1/s1. The van der Waals surface area contributed by atoms with Gasteiger partial charge in [-0.2, -0.15) is 5.10 Å². The van der Waals surface area contributed by atoms with Gasteiger partial charge in [0.15, 0.2) is 0 Å². The summed E-state index contributed by atoms with van der Waals surface area (Å²) in [5.74, 6) is -0.412. The molecule has 0 unspecified atom stereocenters. The number of carbonyl (C=O) groups is 2. The van der Waals surface area contributed by atoms with Crippen molar-refractivity contribution in [1.29, 1.82) is 0 Å². The van der Waals surface area contributed by atoms with Crippen LogP contribution in [-0.4, -0.2) is 41.9 Å². The lowest BCUT2D eigenvalue weighted by Crippen LogP contribution is -2.27. The van der Waals surface area contributed by atoms with E-state index in [2.05, 4.69) is 5.10 Å². The number of hydrazone groups is 1. The fraction of sp³-hybridized carbons (Fsp3) is 0.318. The summed E-state index contributed by atoms with van der Waals surface area (Å²) in [5.41, 5.74) is 2.16. The maximum Gasteiger partial charge on any atom is 0.303 e. The summed E-state index contributed by atoms with van der Waals surface area (Å²) >= 11 is 0. The van der Waals surface area contributed by atoms with Crippen molar-refractivity contribution < 1.29 is 28.6 Å². The summed E-state index contributed by atoms with van der Waals surface area (Å²) in [6.07, 6.45) is 0.609. The van der Waals surface area contributed by atoms with Gasteiger partial charge in [0, 0.05) is 30.9 Å². The van der Waals surface area contributed by atoms with E-state index in [0.29, 0.717) is 23.6 Å². The first-order valence-corrected chi connectivity index (χ1v) is 9.51. The molecule has 8 heteroatoms. The van der Waals surface area contributed by atoms with Gasteiger partial charge >= 0.3 is 5.97 Å². The molecule has 0 saturated heterocycles. The van der Waals surface area contributed by atoms with E-state index < -0.39 is 12.0 Å². The lowest BCUT2D eigenvalue weighted by molar-refractivity contribution is -0.137. The molecule has 0 spiro atoms. The van der Waals surface area contributed by atoms with Gasteiger partial charge in [0.05, 0.1) is 26.0 Å². The molecule has 1 heterocycles. The number of halogens is 1. The second kappa shape index (κ2) is 9.39. The minimum Gasteiger partial charge on any atom is -0.497 e. The van der Waals surface area contributed by atoms with Crippen molar-refractivity contribution in [1.82, 2.24) is 5.01 Å². The number of amides is 1. The van der Waals surface area contributed by atoms with E-state index in [0.717, 1.165) is 11.1 Å². The van der Waals surface area contributed by atoms with Crippen LogP contribution in [0.1, 0.15) is 42.9 Å². The Morgan fingerprint density at radius 2 is 1.73 bits per heavy atom. The Labute approximate surface area is 173 Å². The topological polar surface area (TPSA) is 88.4 Å². The van der Waals surface area contributed by atoms with Crippen LogP contribution in [0.2, 0.25) is 0 Å². The van der Waals surface area contributed by atoms with Crippen LogP contribution in [0, 0.1) is 5.82 Å². The van der Waals surface area contributed by atoms with Gasteiger partial charge < -0.3 is 14.6 Å². The zero-order chi connectivity index (χ0) is 21.7. The number of carboxylic acid groups (broad SMARTS) is 1. The average molecular weight is 414 g/mol. The van der Waals surface area contributed by atoms with E-state index in [1.54, 1.807) is 32.4 Å². The van der Waals surface area contributed by atoms with Gasteiger partial charge in [-0.15, -0.1) is 0 Å². The van der Waals surface area contributed by atoms with Gasteiger partial charge in [-0.05, 0) is 36.2 Å². The van der Waals surface area contributed by atoms with Gasteiger partial charge in [0.25, 0.3) is 0 Å². The average Bonchev–Trinajstić information content (AvgIpc) is 3.19. The Bertz CT molecular complexity index is 936. The number of hydrogen-bond acceptors (Lipinski definition) is 5. The molecule has 0 fully saturated rings. The predicted octanol–water partition coefficient (Wildman–Crippen LogP) is 3.78. The molecule has 1 N–H and O–H groups in total. The number of carbonyl (C=O) groups excluding carboxylic acids is 1. The molecule has 30 heavy (non-hydrogen) atoms. The SMILES string of the molecule is COc1cc(OC)cc(C2=NN(C(=O)CCCC(=O)O)[C@@H](c3ccc(F)cc3)C2)c1. The number of ether oxygens (including phenoxy) is 2. The van der Waals surface area contributed by atoms with Gasteiger partial charge in [-0.25, -0.2) is 9.40 Å². The summed E-state index contributed by atoms with van der Waals surface area (Å²) in [6, 6.07) is 10.9. The summed E-state index contributed by atoms with van der Waals surface area (Å²) in [7, 11) is 3.10. The van der Waals surface area contributed by atoms with E-state index >= 15 is 0 Å². The Balaban J connectivity index is 1.92. The number of carboxylic acids is 1. The summed E-state index contributed by atoms with van der Waals surface area (Å²) in [6.45, 7) is 0. The third kappa shape index (κ3) is 4.94. The van der Waals surface area contributed by atoms with E-state index in [4.69, 9.17) is 14.6 Å². The maximum absolute atomic E-state index is 13.4.